The quantitative estimate of drug-likeness (QED) is 0.369. The first kappa shape index (κ1) is 9.74. The molecule has 3 aromatic rings. The van der Waals surface area contributed by atoms with Gasteiger partial charge in [-0.05, 0) is 34.4 Å². The molecule has 1 nitrogen and oxygen atoms in total. The van der Waals surface area contributed by atoms with E-state index in [9.17, 15) is 0 Å². The first-order chi connectivity index (χ1) is 8.38. The molecule has 0 saturated carbocycles. The number of benzene rings is 3. The zero-order chi connectivity index (χ0) is 11.7. The van der Waals surface area contributed by atoms with Crippen molar-refractivity contribution in [2.45, 2.75) is 0 Å². The van der Waals surface area contributed by atoms with E-state index in [1.807, 2.05) is 18.2 Å². The van der Waals surface area contributed by atoms with Crippen molar-refractivity contribution < 1.29 is 0 Å². The summed E-state index contributed by atoms with van der Waals surface area (Å²) in [6.45, 7) is 0. The highest BCUT2D eigenvalue weighted by atomic mass is 14.8. The highest BCUT2D eigenvalue weighted by Crippen LogP contribution is 2.28. The Morgan fingerprint density at radius 1 is 0.824 bits per heavy atom. The van der Waals surface area contributed by atoms with E-state index < -0.39 is 0 Å². The highest BCUT2D eigenvalue weighted by Gasteiger charge is 2.01. The third kappa shape index (κ3) is 1.60. The zero-order valence-corrected chi connectivity index (χ0v) is 9.27. The van der Waals surface area contributed by atoms with Gasteiger partial charge in [0.2, 0.25) is 0 Å². The Labute approximate surface area is 100 Å². The summed E-state index contributed by atoms with van der Waals surface area (Å²) >= 11 is 0. The van der Waals surface area contributed by atoms with Crippen molar-refractivity contribution in [2.24, 2.45) is 0 Å². The number of hydrogen-bond donors (Lipinski definition) is 1. The van der Waals surface area contributed by atoms with E-state index in [2.05, 4.69) is 47.8 Å². The minimum absolute atomic E-state index is 0.982. The van der Waals surface area contributed by atoms with Crippen LogP contribution in [0.25, 0.3) is 21.5 Å². The van der Waals surface area contributed by atoms with Crippen LogP contribution in [0.1, 0.15) is 0 Å². The van der Waals surface area contributed by atoms with Gasteiger partial charge >= 0.3 is 0 Å². The highest BCUT2D eigenvalue weighted by molar-refractivity contribution is 6.03. The number of hydrogen-bond acceptors (Lipinski definition) is 1. The van der Waals surface area contributed by atoms with Crippen molar-refractivity contribution in [1.29, 1.82) is 0 Å². The maximum Gasteiger partial charge on any atom is 0.0537 e. The van der Waals surface area contributed by atoms with Crippen LogP contribution in [0.2, 0.25) is 0 Å². The number of fused-ring (bicyclic) bond motifs is 2. The van der Waals surface area contributed by atoms with Gasteiger partial charge in [0.25, 0.3) is 0 Å². The predicted octanol–water partition coefficient (Wildman–Crippen LogP) is 4.00. The van der Waals surface area contributed by atoms with Crippen LogP contribution in [-0.2, 0) is 0 Å². The Balaban J connectivity index is 2.40. The second-order valence-electron chi connectivity index (χ2n) is 4.00. The van der Waals surface area contributed by atoms with Crippen molar-refractivity contribution in [2.75, 3.05) is 5.32 Å². The monoisotopic (exact) mass is 217 g/mol. The van der Waals surface area contributed by atoms with E-state index in [-0.39, 0.29) is 0 Å². The SMILES string of the molecule is C#CNc1cccc2cc3ccccc3cc12. The van der Waals surface area contributed by atoms with E-state index in [1.165, 1.54) is 16.2 Å². The van der Waals surface area contributed by atoms with Gasteiger partial charge < -0.3 is 5.32 Å². The third-order valence-electron chi connectivity index (χ3n) is 2.95. The Morgan fingerprint density at radius 3 is 2.29 bits per heavy atom. The first-order valence-electron chi connectivity index (χ1n) is 5.51. The molecular weight excluding hydrogens is 206 g/mol. The van der Waals surface area contributed by atoms with Crippen LogP contribution in [-0.4, -0.2) is 0 Å². The molecule has 0 amide bonds. The number of anilines is 1. The van der Waals surface area contributed by atoms with Gasteiger partial charge in [-0.3, -0.25) is 0 Å². The molecule has 0 aliphatic carbocycles. The summed E-state index contributed by atoms with van der Waals surface area (Å²) in [7, 11) is 0. The van der Waals surface area contributed by atoms with Crippen molar-refractivity contribution in [1.82, 2.24) is 0 Å². The van der Waals surface area contributed by atoms with Crippen LogP contribution in [0.15, 0.2) is 54.6 Å². The summed E-state index contributed by atoms with van der Waals surface area (Å²) in [5.41, 5.74) is 0.982. The van der Waals surface area contributed by atoms with Crippen molar-refractivity contribution in [3.8, 4) is 12.5 Å². The third-order valence-corrected chi connectivity index (χ3v) is 2.95. The topological polar surface area (TPSA) is 12.0 Å². The Morgan fingerprint density at radius 2 is 1.53 bits per heavy atom. The maximum absolute atomic E-state index is 5.30. The molecule has 0 fully saturated rings. The summed E-state index contributed by atoms with van der Waals surface area (Å²) in [4.78, 5) is 0. The van der Waals surface area contributed by atoms with Crippen molar-refractivity contribution >= 4 is 27.2 Å². The number of terminal acetylenes is 1. The van der Waals surface area contributed by atoms with Gasteiger partial charge in [0.1, 0.15) is 0 Å². The molecule has 0 aliphatic heterocycles. The maximum atomic E-state index is 5.30. The van der Waals surface area contributed by atoms with Crippen molar-refractivity contribution in [3.63, 3.8) is 0 Å². The summed E-state index contributed by atoms with van der Waals surface area (Å²) in [6.07, 6.45) is 5.30. The molecule has 0 aliphatic rings. The number of nitrogens with one attached hydrogen (secondary N) is 1. The fourth-order valence-electron chi connectivity index (χ4n) is 2.15. The lowest BCUT2D eigenvalue weighted by Crippen LogP contribution is -1.88. The standard InChI is InChI=1S/C16H11N/c1-2-17-16-9-5-8-14-10-12-6-3-4-7-13(12)11-15(14)16/h1,3-11,17H. The Hall–Kier alpha value is -2.46. The van der Waals surface area contributed by atoms with Gasteiger partial charge in [-0.25, -0.2) is 0 Å². The van der Waals surface area contributed by atoms with Crippen LogP contribution in [0.5, 0.6) is 0 Å². The average Bonchev–Trinajstić information content (AvgIpc) is 2.37. The van der Waals surface area contributed by atoms with Gasteiger partial charge in [-0.15, -0.1) is 0 Å². The molecule has 0 heterocycles. The molecule has 0 saturated heterocycles. The Kier molecular flexibility index (Phi) is 2.20. The summed E-state index contributed by atoms with van der Waals surface area (Å²) < 4.78 is 0. The van der Waals surface area contributed by atoms with Crippen LogP contribution < -0.4 is 5.32 Å². The summed E-state index contributed by atoms with van der Waals surface area (Å²) in [5.74, 6) is 0. The molecule has 0 atom stereocenters. The summed E-state index contributed by atoms with van der Waals surface area (Å²) in [5, 5.41) is 7.77. The lowest BCUT2D eigenvalue weighted by atomic mass is 10.0. The van der Waals surface area contributed by atoms with Crippen LogP contribution in [0, 0.1) is 12.5 Å². The summed E-state index contributed by atoms with van der Waals surface area (Å²) in [6, 6.07) is 21.3. The van der Waals surface area contributed by atoms with Crippen molar-refractivity contribution in [3.05, 3.63) is 54.6 Å². The van der Waals surface area contributed by atoms with Crippen LogP contribution in [0.4, 0.5) is 5.69 Å². The molecule has 17 heavy (non-hydrogen) atoms. The van der Waals surface area contributed by atoms with E-state index in [4.69, 9.17) is 6.42 Å². The van der Waals surface area contributed by atoms with Gasteiger partial charge in [0.15, 0.2) is 0 Å². The first-order valence-corrected chi connectivity index (χ1v) is 5.51. The fourth-order valence-corrected chi connectivity index (χ4v) is 2.15. The van der Waals surface area contributed by atoms with E-state index in [1.54, 1.807) is 0 Å². The zero-order valence-electron chi connectivity index (χ0n) is 9.27. The largest absolute Gasteiger partial charge is 0.315 e. The molecule has 1 heteroatoms. The minimum atomic E-state index is 0.982. The normalized spacial score (nSPS) is 10.3. The van der Waals surface area contributed by atoms with Gasteiger partial charge in [0, 0.05) is 11.4 Å². The number of rotatable bonds is 1. The molecule has 80 valence electrons. The molecule has 0 unspecified atom stereocenters. The van der Waals surface area contributed by atoms with Crippen LogP contribution in [0.3, 0.4) is 0 Å². The molecule has 0 bridgehead atoms. The van der Waals surface area contributed by atoms with Crippen LogP contribution >= 0.6 is 0 Å². The fraction of sp³-hybridized carbons (Fsp3) is 0. The molecule has 3 aromatic carbocycles. The van der Waals surface area contributed by atoms with E-state index in [0.29, 0.717) is 0 Å². The van der Waals surface area contributed by atoms with E-state index >= 15 is 0 Å². The van der Waals surface area contributed by atoms with Gasteiger partial charge in [-0.1, -0.05) is 42.8 Å². The van der Waals surface area contributed by atoms with E-state index in [0.717, 1.165) is 11.1 Å². The molecule has 3 rings (SSSR count). The molecule has 0 radical (unpaired) electrons. The molecular formula is C16H11N. The smallest absolute Gasteiger partial charge is 0.0537 e. The lowest BCUT2D eigenvalue weighted by Gasteiger charge is -2.06. The molecule has 1 N–H and O–H groups in total. The minimum Gasteiger partial charge on any atom is -0.315 e. The predicted molar refractivity (Wildman–Crippen MR) is 73.9 cm³/mol. The second kappa shape index (κ2) is 3.84. The Bertz CT molecular complexity index is 735. The lowest BCUT2D eigenvalue weighted by molar-refractivity contribution is 1.69. The average molecular weight is 217 g/mol. The molecule has 0 spiro atoms. The second-order valence-corrected chi connectivity index (χ2v) is 4.00. The van der Waals surface area contributed by atoms with Gasteiger partial charge in [-0.2, -0.15) is 0 Å². The van der Waals surface area contributed by atoms with Gasteiger partial charge in [0.05, 0.1) is 5.69 Å². The molecule has 0 aromatic heterocycles.